The van der Waals surface area contributed by atoms with Gasteiger partial charge in [-0.15, -0.1) is 0 Å². The highest BCUT2D eigenvalue weighted by molar-refractivity contribution is 5.93. The second kappa shape index (κ2) is 8.89. The number of benzene rings is 2. The zero-order chi connectivity index (χ0) is 24.0. The summed E-state index contributed by atoms with van der Waals surface area (Å²) in [6.45, 7) is 5.96. The van der Waals surface area contributed by atoms with E-state index in [1.54, 1.807) is 13.8 Å². The van der Waals surface area contributed by atoms with E-state index >= 15 is 0 Å². The number of fused-ring (bicyclic) bond motifs is 2. The maximum absolute atomic E-state index is 10.3. The first-order valence-electron chi connectivity index (χ1n) is 13.0. The van der Waals surface area contributed by atoms with E-state index in [-0.39, 0.29) is 0 Å². The van der Waals surface area contributed by atoms with Crippen LogP contribution >= 0.6 is 0 Å². The molecule has 2 aromatic heterocycles. The van der Waals surface area contributed by atoms with E-state index < -0.39 is 5.60 Å². The molecule has 5 nitrogen and oxygen atoms in total. The molecule has 0 unspecified atom stereocenters. The Balaban J connectivity index is 1.29. The Kier molecular flexibility index (Phi) is 5.70. The number of hydrogen-bond acceptors (Lipinski definition) is 4. The summed E-state index contributed by atoms with van der Waals surface area (Å²) >= 11 is 0. The fraction of sp³-hybridized carbons (Fsp3) is 0.400. The van der Waals surface area contributed by atoms with Crippen LogP contribution in [0.5, 0.6) is 0 Å². The molecular weight excluding hydrogens is 432 g/mol. The molecule has 2 N–H and O–H groups in total. The Morgan fingerprint density at radius 2 is 1.60 bits per heavy atom. The van der Waals surface area contributed by atoms with Gasteiger partial charge in [-0.1, -0.05) is 55.3 Å². The molecule has 0 spiro atoms. The minimum atomic E-state index is -0.861. The van der Waals surface area contributed by atoms with Crippen molar-refractivity contribution in [3.8, 4) is 22.4 Å². The van der Waals surface area contributed by atoms with Gasteiger partial charge in [-0.25, -0.2) is 4.98 Å². The highest BCUT2D eigenvalue weighted by Gasteiger charge is 2.24. The molecule has 2 aliphatic rings. The zero-order valence-corrected chi connectivity index (χ0v) is 20.7. The van der Waals surface area contributed by atoms with Gasteiger partial charge in [0.15, 0.2) is 5.65 Å². The second-order valence-corrected chi connectivity index (χ2v) is 10.8. The van der Waals surface area contributed by atoms with Gasteiger partial charge in [-0.3, -0.25) is 10.00 Å². The Labute approximate surface area is 207 Å². The molecule has 5 heteroatoms. The van der Waals surface area contributed by atoms with Crippen molar-refractivity contribution >= 4 is 11.0 Å². The molecule has 1 aliphatic heterocycles. The first-order chi connectivity index (χ1) is 17.0. The average molecular weight is 467 g/mol. The van der Waals surface area contributed by atoms with Crippen LogP contribution in [0.15, 0.2) is 54.7 Å². The van der Waals surface area contributed by atoms with Gasteiger partial charge in [-0.05, 0) is 67.9 Å². The fourth-order valence-corrected chi connectivity index (χ4v) is 5.87. The maximum Gasteiger partial charge on any atom is 0.155 e. The minimum Gasteiger partial charge on any atom is -0.386 e. The molecule has 6 rings (SSSR count). The van der Waals surface area contributed by atoms with Crippen LogP contribution in [0.3, 0.4) is 0 Å². The molecule has 0 atom stereocenters. The first-order valence-corrected chi connectivity index (χ1v) is 13.0. The lowest BCUT2D eigenvalue weighted by molar-refractivity contribution is 0.0786. The molecule has 0 saturated heterocycles. The van der Waals surface area contributed by atoms with E-state index in [2.05, 4.69) is 44.3 Å². The van der Waals surface area contributed by atoms with E-state index in [0.29, 0.717) is 0 Å². The zero-order valence-electron chi connectivity index (χ0n) is 20.7. The highest BCUT2D eigenvalue weighted by Crippen LogP contribution is 2.32. The number of aromatic amines is 1. The number of hydrogen-bond donors (Lipinski definition) is 2. The van der Waals surface area contributed by atoms with Crippen LogP contribution in [0.2, 0.25) is 0 Å². The van der Waals surface area contributed by atoms with Gasteiger partial charge in [0.05, 0.1) is 5.60 Å². The summed E-state index contributed by atoms with van der Waals surface area (Å²) in [5.41, 5.74) is 8.03. The largest absolute Gasteiger partial charge is 0.386 e. The van der Waals surface area contributed by atoms with Crippen molar-refractivity contribution in [3.63, 3.8) is 0 Å². The molecule has 3 heterocycles. The van der Waals surface area contributed by atoms with Crippen molar-refractivity contribution < 1.29 is 5.11 Å². The van der Waals surface area contributed by atoms with Gasteiger partial charge in [0.1, 0.15) is 5.69 Å². The number of nitrogens with one attached hydrogen (secondary N) is 1. The summed E-state index contributed by atoms with van der Waals surface area (Å²) in [5.74, 6) is 0. The fourth-order valence-electron chi connectivity index (χ4n) is 5.87. The van der Waals surface area contributed by atoms with E-state index in [9.17, 15) is 5.11 Å². The second-order valence-electron chi connectivity index (χ2n) is 10.8. The first kappa shape index (κ1) is 22.4. The number of rotatable bonds is 4. The van der Waals surface area contributed by atoms with Gasteiger partial charge in [0.25, 0.3) is 0 Å². The standard InChI is InChI=1S/C30H34N4O/c1-30(2,35)25-11-9-21(10-12-25)28-27-18-24(19-31-29(27)33-32-28)22-8-7-20-13-15-34(16-14-23(20)17-22)26-5-3-4-6-26/h7-12,17-19,26,35H,3-6,13-16H2,1-2H3,(H,31,32,33). The van der Waals surface area contributed by atoms with Gasteiger partial charge in [-0.2, -0.15) is 5.10 Å². The minimum absolute atomic E-state index is 0.789. The van der Waals surface area contributed by atoms with Gasteiger partial charge in [0.2, 0.25) is 0 Å². The van der Waals surface area contributed by atoms with Crippen molar-refractivity contribution in [1.29, 1.82) is 0 Å². The summed E-state index contributed by atoms with van der Waals surface area (Å²) < 4.78 is 0. The molecular formula is C30H34N4O. The summed E-state index contributed by atoms with van der Waals surface area (Å²) in [5, 5.41) is 18.9. The SMILES string of the molecule is CC(C)(O)c1ccc(-c2n[nH]c3ncc(-c4ccc5c(c4)CCN(C4CCCC4)CC5)cc23)cc1. The van der Waals surface area contributed by atoms with Crippen LogP contribution in [0, 0.1) is 0 Å². The lowest BCUT2D eigenvalue weighted by Crippen LogP contribution is -2.35. The van der Waals surface area contributed by atoms with Crippen LogP contribution in [0.1, 0.15) is 56.2 Å². The van der Waals surface area contributed by atoms with Gasteiger partial charge < -0.3 is 5.11 Å². The Hall–Kier alpha value is -3.02. The number of H-pyrrole nitrogens is 1. The van der Waals surface area contributed by atoms with Crippen LogP contribution in [-0.4, -0.2) is 44.3 Å². The summed E-state index contributed by atoms with van der Waals surface area (Å²) in [7, 11) is 0. The lowest BCUT2D eigenvalue weighted by Gasteiger charge is -2.26. The molecule has 1 saturated carbocycles. The monoisotopic (exact) mass is 466 g/mol. The lowest BCUT2D eigenvalue weighted by atomic mass is 9.95. The van der Waals surface area contributed by atoms with Gasteiger partial charge >= 0.3 is 0 Å². The third-order valence-electron chi connectivity index (χ3n) is 8.00. The normalized spacial score (nSPS) is 17.6. The number of pyridine rings is 1. The maximum atomic E-state index is 10.3. The predicted octanol–water partition coefficient (Wildman–Crippen LogP) is 5.86. The van der Waals surface area contributed by atoms with Gasteiger partial charge in [0, 0.05) is 41.8 Å². The number of aliphatic hydroxyl groups is 1. The summed E-state index contributed by atoms with van der Waals surface area (Å²) in [6, 6.07) is 17.9. The third kappa shape index (κ3) is 4.39. The molecule has 4 aromatic rings. The molecule has 1 aliphatic carbocycles. The van der Waals surface area contributed by atoms with E-state index in [4.69, 9.17) is 0 Å². The molecule has 35 heavy (non-hydrogen) atoms. The number of nitrogens with zero attached hydrogens (tertiary/aromatic N) is 3. The quantitative estimate of drug-likeness (QED) is 0.395. The number of aromatic nitrogens is 3. The smallest absolute Gasteiger partial charge is 0.155 e. The Bertz CT molecular complexity index is 1340. The van der Waals surface area contributed by atoms with Crippen molar-refractivity contribution in [2.45, 2.75) is 64.0 Å². The molecule has 2 aromatic carbocycles. The van der Waals surface area contributed by atoms with Crippen molar-refractivity contribution in [2.24, 2.45) is 0 Å². The average Bonchev–Trinajstić information content (AvgIpc) is 3.49. The van der Waals surface area contributed by atoms with E-state index in [0.717, 1.165) is 52.3 Å². The van der Waals surface area contributed by atoms with Crippen molar-refractivity contribution in [3.05, 3.63) is 71.4 Å². The highest BCUT2D eigenvalue weighted by atomic mass is 16.3. The van der Waals surface area contributed by atoms with Crippen molar-refractivity contribution in [2.75, 3.05) is 13.1 Å². The topological polar surface area (TPSA) is 65.0 Å². The molecule has 0 bridgehead atoms. The summed E-state index contributed by atoms with van der Waals surface area (Å²) in [6.07, 6.45) is 9.77. The predicted molar refractivity (Wildman–Crippen MR) is 141 cm³/mol. The van der Waals surface area contributed by atoms with Crippen LogP contribution in [0.4, 0.5) is 0 Å². The van der Waals surface area contributed by atoms with Crippen LogP contribution < -0.4 is 0 Å². The Morgan fingerprint density at radius 1 is 0.886 bits per heavy atom. The van der Waals surface area contributed by atoms with Crippen LogP contribution in [-0.2, 0) is 18.4 Å². The van der Waals surface area contributed by atoms with Crippen LogP contribution in [0.25, 0.3) is 33.4 Å². The Morgan fingerprint density at radius 3 is 2.34 bits per heavy atom. The van der Waals surface area contributed by atoms with Crippen molar-refractivity contribution in [1.82, 2.24) is 20.1 Å². The summed E-state index contributed by atoms with van der Waals surface area (Å²) in [4.78, 5) is 7.43. The molecule has 180 valence electrons. The molecule has 1 fully saturated rings. The molecule has 0 amide bonds. The van der Waals surface area contributed by atoms with E-state index in [1.807, 2.05) is 30.5 Å². The molecule has 0 radical (unpaired) electrons. The van der Waals surface area contributed by atoms with E-state index in [1.165, 1.54) is 55.5 Å². The third-order valence-corrected chi connectivity index (χ3v) is 8.00.